The number of nitrogens with one attached hydrogen (secondary N) is 1. The number of benzene rings is 1. The highest BCUT2D eigenvalue weighted by Crippen LogP contribution is 2.38. The van der Waals surface area contributed by atoms with Crippen LogP contribution in [0.25, 0.3) is 0 Å². The number of nitrogens with zero attached hydrogens (tertiary/aromatic N) is 2. The number of rotatable bonds is 8. The van der Waals surface area contributed by atoms with Crippen LogP contribution in [0.15, 0.2) is 56.5 Å². The lowest BCUT2D eigenvalue weighted by molar-refractivity contribution is -0.140. The fourth-order valence-corrected chi connectivity index (χ4v) is 6.34. The van der Waals surface area contributed by atoms with Crippen molar-refractivity contribution in [2.45, 2.75) is 58.0 Å². The molecule has 1 unspecified atom stereocenters. The molecule has 3 aromatic rings. The summed E-state index contributed by atoms with van der Waals surface area (Å²) in [5, 5.41) is 23.7. The van der Waals surface area contributed by atoms with Gasteiger partial charge in [0.15, 0.2) is 17.3 Å². The zero-order chi connectivity index (χ0) is 31.0. The Bertz CT molecular complexity index is 1660. The first-order chi connectivity index (χ1) is 20.5. The zero-order valence-electron chi connectivity index (χ0n) is 24.7. The number of hydrogen-bond acceptors (Lipinski definition) is 8. The summed E-state index contributed by atoms with van der Waals surface area (Å²) in [4.78, 5) is 54.1. The van der Waals surface area contributed by atoms with E-state index >= 15 is 0 Å². The Kier molecular flexibility index (Phi) is 8.34. The number of aromatic hydroxyl groups is 2. The Morgan fingerprint density at radius 1 is 1.09 bits per heavy atom. The Balaban J connectivity index is 1.39. The third-order valence-corrected chi connectivity index (χ3v) is 8.42. The first kappa shape index (κ1) is 29.9. The molecule has 1 aromatic carbocycles. The fourth-order valence-electron chi connectivity index (χ4n) is 6.34. The lowest BCUT2D eigenvalue weighted by Gasteiger charge is -2.44. The third kappa shape index (κ3) is 6.02. The summed E-state index contributed by atoms with van der Waals surface area (Å²) in [6.45, 7) is 6.78. The Morgan fingerprint density at radius 2 is 1.86 bits per heavy atom. The number of carbonyl (C=O) groups is 2. The summed E-state index contributed by atoms with van der Waals surface area (Å²) in [7, 11) is 1.38. The van der Waals surface area contributed by atoms with Crippen molar-refractivity contribution in [3.63, 3.8) is 0 Å². The number of hydrogen-bond donors (Lipinski definition) is 3. The molecule has 0 radical (unpaired) electrons. The van der Waals surface area contributed by atoms with Gasteiger partial charge in [-0.25, -0.2) is 0 Å². The molecule has 1 saturated heterocycles. The molecule has 43 heavy (non-hydrogen) atoms. The van der Waals surface area contributed by atoms with Crippen LogP contribution in [-0.4, -0.2) is 57.7 Å². The number of fused-ring (bicyclic) bond motifs is 4. The molecule has 2 aromatic heterocycles. The summed E-state index contributed by atoms with van der Waals surface area (Å²) >= 11 is 0. The molecule has 2 amide bonds. The average Bonchev–Trinajstić information content (AvgIpc) is 2.97. The molecule has 4 atom stereocenters. The Hall–Kier alpha value is -4.54. The van der Waals surface area contributed by atoms with E-state index in [1.165, 1.54) is 19.2 Å². The predicted molar refractivity (Wildman–Crippen MR) is 157 cm³/mol. The summed E-state index contributed by atoms with van der Waals surface area (Å²) in [6, 6.07) is 10.0. The lowest BCUT2D eigenvalue weighted by atomic mass is 9.82. The highest BCUT2D eigenvalue weighted by Gasteiger charge is 2.39. The predicted octanol–water partition coefficient (Wildman–Crippen LogP) is 2.84. The monoisotopic (exact) mass is 591 g/mol. The van der Waals surface area contributed by atoms with Crippen LogP contribution in [0.4, 0.5) is 0 Å². The molecule has 11 nitrogen and oxygen atoms in total. The van der Waals surface area contributed by atoms with Crippen molar-refractivity contribution in [2.75, 3.05) is 20.2 Å². The summed E-state index contributed by atoms with van der Waals surface area (Å²) < 4.78 is 12.8. The van der Waals surface area contributed by atoms with E-state index in [1.807, 2.05) is 19.9 Å². The first-order valence-electron chi connectivity index (χ1n) is 14.4. The van der Waals surface area contributed by atoms with Gasteiger partial charge in [0.1, 0.15) is 11.8 Å². The fraction of sp³-hybridized carbons (Fsp3) is 0.438. The Labute approximate surface area is 248 Å². The van der Waals surface area contributed by atoms with E-state index in [1.54, 1.807) is 34.6 Å². The molecule has 2 aliphatic heterocycles. The molecule has 4 heterocycles. The highest BCUT2D eigenvalue weighted by molar-refractivity contribution is 5.88. The van der Waals surface area contributed by atoms with Gasteiger partial charge in [-0.05, 0) is 48.9 Å². The molecular weight excluding hydrogens is 554 g/mol. The third-order valence-electron chi connectivity index (χ3n) is 8.42. The molecule has 0 saturated carbocycles. The summed E-state index contributed by atoms with van der Waals surface area (Å²) in [5.41, 5.74) is 0.706. The largest absolute Gasteiger partial charge is 0.504 e. The lowest BCUT2D eigenvalue weighted by Crippen LogP contribution is -2.56. The van der Waals surface area contributed by atoms with Gasteiger partial charge in [0.05, 0.1) is 13.0 Å². The van der Waals surface area contributed by atoms with E-state index in [0.717, 1.165) is 18.2 Å². The van der Waals surface area contributed by atoms with E-state index in [2.05, 4.69) is 5.32 Å². The molecule has 1 fully saturated rings. The molecular formula is C32H37N3O8. The van der Waals surface area contributed by atoms with Crippen LogP contribution in [0.5, 0.6) is 17.2 Å². The van der Waals surface area contributed by atoms with Crippen molar-refractivity contribution in [3.8, 4) is 17.2 Å². The van der Waals surface area contributed by atoms with Gasteiger partial charge in [-0.1, -0.05) is 26.0 Å². The second-order valence-electron chi connectivity index (χ2n) is 11.9. The number of aryl methyl sites for hydroxylation is 1. The zero-order valence-corrected chi connectivity index (χ0v) is 24.7. The second-order valence-corrected chi connectivity index (χ2v) is 11.9. The van der Waals surface area contributed by atoms with Crippen LogP contribution >= 0.6 is 0 Å². The van der Waals surface area contributed by atoms with Crippen LogP contribution in [0, 0.1) is 18.8 Å². The van der Waals surface area contributed by atoms with Gasteiger partial charge < -0.3 is 34.2 Å². The molecule has 0 spiro atoms. The molecule has 228 valence electrons. The van der Waals surface area contributed by atoms with Gasteiger partial charge in [0.2, 0.25) is 23.0 Å². The van der Waals surface area contributed by atoms with Crippen LogP contribution < -0.4 is 21.0 Å². The van der Waals surface area contributed by atoms with Crippen molar-refractivity contribution >= 4 is 11.8 Å². The molecule has 2 aliphatic rings. The average molecular weight is 592 g/mol. The van der Waals surface area contributed by atoms with Gasteiger partial charge in [-0.15, -0.1) is 0 Å². The van der Waals surface area contributed by atoms with Crippen molar-refractivity contribution in [1.29, 1.82) is 0 Å². The van der Waals surface area contributed by atoms with Gasteiger partial charge in [0, 0.05) is 49.8 Å². The Morgan fingerprint density at radius 3 is 2.58 bits per heavy atom. The maximum absolute atomic E-state index is 13.9. The number of ether oxygens (including phenoxy) is 1. The van der Waals surface area contributed by atoms with E-state index in [4.69, 9.17) is 9.15 Å². The minimum Gasteiger partial charge on any atom is -0.504 e. The number of phenols is 1. The van der Waals surface area contributed by atoms with Crippen molar-refractivity contribution < 1.29 is 29.0 Å². The van der Waals surface area contributed by atoms with E-state index in [-0.39, 0.29) is 58.7 Å². The van der Waals surface area contributed by atoms with Crippen LogP contribution in [0.3, 0.4) is 0 Å². The minimum atomic E-state index is -0.922. The SMILES string of the molecule is COc1cc(C(CC(=O)N[C@H](C(=O)N2C[C@H]3C[C@@H](C2)c2cccc(=O)n2C3)C(C)C)c2oc(C)cc(=O)c2O)ccc1O. The molecule has 11 heteroatoms. The number of carbonyl (C=O) groups excluding carboxylic acids is 2. The highest BCUT2D eigenvalue weighted by atomic mass is 16.5. The molecule has 3 N–H and O–H groups in total. The van der Waals surface area contributed by atoms with Crippen molar-refractivity contribution in [3.05, 3.63) is 85.8 Å². The van der Waals surface area contributed by atoms with E-state index in [9.17, 15) is 29.4 Å². The number of phenolic OH excluding ortho intramolecular Hbond substituents is 1. The van der Waals surface area contributed by atoms with Gasteiger partial charge in [0.25, 0.3) is 5.56 Å². The number of pyridine rings is 1. The maximum Gasteiger partial charge on any atom is 0.250 e. The maximum atomic E-state index is 13.9. The number of amides is 2. The minimum absolute atomic E-state index is 0.0319. The summed E-state index contributed by atoms with van der Waals surface area (Å²) in [5.74, 6) is -2.09. The van der Waals surface area contributed by atoms with Crippen molar-refractivity contribution in [2.24, 2.45) is 11.8 Å². The normalized spacial score (nSPS) is 19.0. The molecule has 2 bridgehead atoms. The quantitative estimate of drug-likeness (QED) is 0.362. The van der Waals surface area contributed by atoms with E-state index in [0.29, 0.717) is 25.2 Å². The first-order valence-corrected chi connectivity index (χ1v) is 14.4. The number of methoxy groups -OCH3 is 1. The van der Waals surface area contributed by atoms with Gasteiger partial charge >= 0.3 is 0 Å². The summed E-state index contributed by atoms with van der Waals surface area (Å²) in [6.07, 6.45) is 0.640. The second kappa shape index (κ2) is 12.0. The van der Waals surface area contributed by atoms with Crippen molar-refractivity contribution in [1.82, 2.24) is 14.8 Å². The molecule has 0 aliphatic carbocycles. The molecule has 5 rings (SSSR count). The van der Waals surface area contributed by atoms with Crippen LogP contribution in [0.1, 0.15) is 61.3 Å². The van der Waals surface area contributed by atoms with E-state index < -0.39 is 29.0 Å². The number of piperidine rings is 1. The standard InChI is InChI=1S/C32H37N3O8/c1-17(2)29(32(41)34-14-19-11-21(16-34)23-6-5-7-28(39)35(23)15-19)33-27(38)13-22(20-8-9-24(36)26(12-20)42-4)31-30(40)25(37)10-18(3)43-31/h5-10,12,17,19,21-22,29,36,40H,11,13-16H2,1-4H3,(H,33,38)/t19-,21+,22?,29+/m1/s1. The number of aromatic nitrogens is 1. The van der Waals surface area contributed by atoms with Crippen LogP contribution in [0.2, 0.25) is 0 Å². The van der Waals surface area contributed by atoms with Gasteiger partial charge in [-0.3, -0.25) is 19.2 Å². The smallest absolute Gasteiger partial charge is 0.250 e. The van der Waals surface area contributed by atoms with Crippen LogP contribution in [-0.2, 0) is 16.1 Å². The number of likely N-dealkylation sites (tertiary alicyclic amines) is 1. The van der Waals surface area contributed by atoms with Gasteiger partial charge in [-0.2, -0.15) is 0 Å². The topological polar surface area (TPSA) is 151 Å².